The number of rotatable bonds is 6. The predicted molar refractivity (Wildman–Crippen MR) is 165 cm³/mol. The van der Waals surface area contributed by atoms with Gasteiger partial charge in [-0.05, 0) is 75.9 Å². The molecule has 0 spiro atoms. The molecule has 3 aliphatic heterocycles. The summed E-state index contributed by atoms with van der Waals surface area (Å²) in [6.07, 6.45) is 2.07. The number of dihydropyridines is 1. The summed E-state index contributed by atoms with van der Waals surface area (Å²) in [5.74, 6) is -1.48. The second kappa shape index (κ2) is 11.7. The number of ether oxygens (including phenoxy) is 3. The van der Waals surface area contributed by atoms with E-state index in [0.717, 1.165) is 57.6 Å². The number of hydrogen-bond acceptors (Lipinski definition) is 7. The first-order valence-electron chi connectivity index (χ1n) is 15.3. The molecule has 4 atom stereocenters. The molecule has 2 aromatic carbocycles. The number of nitrogens with zero attached hydrogens (tertiary/aromatic N) is 1. The van der Waals surface area contributed by atoms with Crippen LogP contribution in [0, 0.1) is 20.8 Å². The van der Waals surface area contributed by atoms with Gasteiger partial charge in [-0.1, -0.05) is 29.8 Å². The molecular weight excluding hydrogens is 542 g/mol. The van der Waals surface area contributed by atoms with Gasteiger partial charge in [0.2, 0.25) is 0 Å². The minimum Gasteiger partial charge on any atom is -0.463 e. The Labute approximate surface area is 253 Å². The van der Waals surface area contributed by atoms with E-state index in [9.17, 15) is 9.59 Å². The molecule has 0 saturated carbocycles. The highest BCUT2D eigenvalue weighted by atomic mass is 16.5. The van der Waals surface area contributed by atoms with E-state index in [1.54, 1.807) is 6.92 Å². The lowest BCUT2D eigenvalue weighted by atomic mass is 9.76. The molecule has 1 fully saturated rings. The summed E-state index contributed by atoms with van der Waals surface area (Å²) in [5.41, 5.74) is 8.72. The fourth-order valence-corrected chi connectivity index (χ4v) is 7.38. The highest BCUT2D eigenvalue weighted by Gasteiger charge is 2.45. The molecule has 226 valence electrons. The minimum atomic E-state index is -0.644. The van der Waals surface area contributed by atoms with Crippen molar-refractivity contribution in [2.45, 2.75) is 72.2 Å². The number of esters is 2. The van der Waals surface area contributed by atoms with Crippen LogP contribution in [0.4, 0.5) is 0 Å². The van der Waals surface area contributed by atoms with Gasteiger partial charge in [-0.3, -0.25) is 4.90 Å². The number of H-pyrrole nitrogens is 1. The Balaban J connectivity index is 1.51. The summed E-state index contributed by atoms with van der Waals surface area (Å²) in [6, 6.07) is 12.2. The number of cyclic esters (lactones) is 1. The molecule has 0 radical (unpaired) electrons. The SMILES string of the molecule is CCOC(=O)C1=C(CN2CC(C)OC(C)C2)NC2=C(C(=O)OC(c3c(C)cc(C)cc3C)C2)C1c1cccc2[nH]ccc12. The van der Waals surface area contributed by atoms with Crippen molar-refractivity contribution < 1.29 is 23.8 Å². The number of aromatic amines is 1. The zero-order valence-corrected chi connectivity index (χ0v) is 25.9. The van der Waals surface area contributed by atoms with Gasteiger partial charge >= 0.3 is 11.9 Å². The Kier molecular flexibility index (Phi) is 7.92. The Hall–Kier alpha value is -3.88. The van der Waals surface area contributed by atoms with Gasteiger partial charge in [-0.2, -0.15) is 0 Å². The molecule has 4 unspecified atom stereocenters. The van der Waals surface area contributed by atoms with E-state index in [4.69, 9.17) is 14.2 Å². The van der Waals surface area contributed by atoms with Crippen molar-refractivity contribution in [3.63, 3.8) is 0 Å². The molecule has 0 aliphatic carbocycles. The number of nitrogens with one attached hydrogen (secondary N) is 2. The zero-order chi connectivity index (χ0) is 30.4. The summed E-state index contributed by atoms with van der Waals surface area (Å²) >= 11 is 0. The molecule has 0 bridgehead atoms. The number of carbonyl (C=O) groups excluding carboxylic acids is 2. The molecule has 0 amide bonds. The number of benzene rings is 2. The van der Waals surface area contributed by atoms with Crippen LogP contribution in [0.3, 0.4) is 0 Å². The van der Waals surface area contributed by atoms with E-state index in [-0.39, 0.29) is 18.8 Å². The fraction of sp³-hybridized carbons (Fsp3) is 0.429. The van der Waals surface area contributed by atoms with Crippen LogP contribution in [0.5, 0.6) is 0 Å². The van der Waals surface area contributed by atoms with Crippen molar-refractivity contribution in [3.8, 4) is 0 Å². The first-order valence-corrected chi connectivity index (χ1v) is 15.3. The van der Waals surface area contributed by atoms with Gasteiger partial charge < -0.3 is 24.5 Å². The van der Waals surface area contributed by atoms with Gasteiger partial charge in [-0.15, -0.1) is 0 Å². The van der Waals surface area contributed by atoms with E-state index < -0.39 is 24.0 Å². The normalized spacial score (nSPS) is 24.6. The molecule has 4 heterocycles. The third-order valence-corrected chi connectivity index (χ3v) is 8.76. The quantitative estimate of drug-likeness (QED) is 0.363. The average molecular weight is 584 g/mol. The van der Waals surface area contributed by atoms with E-state index in [1.807, 2.05) is 30.5 Å². The van der Waals surface area contributed by atoms with Crippen LogP contribution in [0.15, 0.2) is 65.1 Å². The van der Waals surface area contributed by atoms with E-state index in [2.05, 4.69) is 62.0 Å². The van der Waals surface area contributed by atoms with E-state index >= 15 is 0 Å². The van der Waals surface area contributed by atoms with Crippen molar-refractivity contribution in [2.24, 2.45) is 0 Å². The molecule has 3 aliphatic rings. The van der Waals surface area contributed by atoms with E-state index in [0.29, 0.717) is 24.1 Å². The molecule has 8 heteroatoms. The number of fused-ring (bicyclic) bond motifs is 1. The summed E-state index contributed by atoms with van der Waals surface area (Å²) in [4.78, 5) is 33.6. The molecule has 1 aromatic heterocycles. The first-order chi connectivity index (χ1) is 20.6. The molecule has 1 saturated heterocycles. The number of aromatic nitrogens is 1. The van der Waals surface area contributed by atoms with Crippen molar-refractivity contribution in [1.82, 2.24) is 15.2 Å². The van der Waals surface area contributed by atoms with Crippen LogP contribution < -0.4 is 5.32 Å². The highest BCUT2D eigenvalue weighted by molar-refractivity contribution is 6.02. The topological polar surface area (TPSA) is 92.9 Å². The van der Waals surface area contributed by atoms with Crippen molar-refractivity contribution in [2.75, 3.05) is 26.2 Å². The molecule has 3 aromatic rings. The largest absolute Gasteiger partial charge is 0.463 e. The number of aryl methyl sites for hydroxylation is 3. The van der Waals surface area contributed by atoms with Gasteiger partial charge in [0.25, 0.3) is 0 Å². The minimum absolute atomic E-state index is 0.0692. The summed E-state index contributed by atoms with van der Waals surface area (Å²) < 4.78 is 17.9. The molecule has 8 nitrogen and oxygen atoms in total. The number of carbonyl (C=O) groups is 2. The Bertz CT molecular complexity index is 1620. The number of hydrogen-bond donors (Lipinski definition) is 2. The molecule has 2 N–H and O–H groups in total. The van der Waals surface area contributed by atoms with E-state index in [1.165, 1.54) is 5.56 Å². The third-order valence-electron chi connectivity index (χ3n) is 8.76. The van der Waals surface area contributed by atoms with Gasteiger partial charge in [-0.25, -0.2) is 9.59 Å². The fourth-order valence-electron chi connectivity index (χ4n) is 7.38. The monoisotopic (exact) mass is 583 g/mol. The Morgan fingerprint density at radius 2 is 1.79 bits per heavy atom. The van der Waals surface area contributed by atoms with Gasteiger partial charge in [0.15, 0.2) is 0 Å². The second-order valence-corrected chi connectivity index (χ2v) is 12.2. The number of morpholine rings is 1. The molecular formula is C35H41N3O5. The summed E-state index contributed by atoms with van der Waals surface area (Å²) in [7, 11) is 0. The molecule has 6 rings (SSSR count). The molecule has 43 heavy (non-hydrogen) atoms. The van der Waals surface area contributed by atoms with Crippen molar-refractivity contribution >= 4 is 22.8 Å². The standard InChI is InChI=1S/C35H41N3O5/c1-7-41-34(39)33-28(18-38-16-22(5)42-23(6)17-38)37-27-15-29(30-20(3)13-19(2)14-21(30)4)43-35(40)32(27)31(33)25-9-8-10-26-24(25)11-12-36-26/h8-14,22-23,29,31,36-37H,7,15-18H2,1-6H3. The maximum absolute atomic E-state index is 14.1. The van der Waals surface area contributed by atoms with Crippen LogP contribution in [0.2, 0.25) is 0 Å². The van der Waals surface area contributed by atoms with Crippen LogP contribution >= 0.6 is 0 Å². The third kappa shape index (κ3) is 5.50. The lowest BCUT2D eigenvalue weighted by Gasteiger charge is -2.40. The van der Waals surface area contributed by atoms with Gasteiger partial charge in [0.1, 0.15) is 6.10 Å². The predicted octanol–water partition coefficient (Wildman–Crippen LogP) is 5.65. The maximum Gasteiger partial charge on any atom is 0.337 e. The lowest BCUT2D eigenvalue weighted by molar-refractivity contribution is -0.147. The lowest BCUT2D eigenvalue weighted by Crippen LogP contribution is -2.48. The summed E-state index contributed by atoms with van der Waals surface area (Å²) in [6.45, 7) is 14.4. The Morgan fingerprint density at radius 3 is 2.49 bits per heavy atom. The highest BCUT2D eigenvalue weighted by Crippen LogP contribution is 2.47. The second-order valence-electron chi connectivity index (χ2n) is 12.2. The van der Waals surface area contributed by atoms with Crippen molar-refractivity contribution in [3.05, 3.63) is 93.0 Å². The summed E-state index contributed by atoms with van der Waals surface area (Å²) in [5, 5.41) is 4.57. The Morgan fingerprint density at radius 1 is 1.07 bits per heavy atom. The van der Waals surface area contributed by atoms with Crippen LogP contribution in [-0.4, -0.2) is 60.3 Å². The smallest absolute Gasteiger partial charge is 0.337 e. The first kappa shape index (κ1) is 29.2. The van der Waals surface area contributed by atoms with Crippen LogP contribution in [-0.2, 0) is 23.8 Å². The van der Waals surface area contributed by atoms with Gasteiger partial charge in [0, 0.05) is 54.5 Å². The van der Waals surface area contributed by atoms with Crippen molar-refractivity contribution in [1.29, 1.82) is 0 Å². The van der Waals surface area contributed by atoms with Crippen LogP contribution in [0.1, 0.15) is 67.0 Å². The zero-order valence-electron chi connectivity index (χ0n) is 25.9. The van der Waals surface area contributed by atoms with Crippen LogP contribution in [0.25, 0.3) is 10.9 Å². The average Bonchev–Trinajstić information content (AvgIpc) is 3.40. The van der Waals surface area contributed by atoms with Gasteiger partial charge in [0.05, 0.1) is 35.9 Å². The maximum atomic E-state index is 14.1.